The Morgan fingerprint density at radius 2 is 2.11 bits per heavy atom. The number of para-hydroxylation sites is 1. The van der Waals surface area contributed by atoms with Gasteiger partial charge in [0.1, 0.15) is 5.82 Å². The molecular formula is C14H17N3O2. The predicted molar refractivity (Wildman–Crippen MR) is 74.6 cm³/mol. The number of ether oxygens (including phenoxy) is 1. The lowest BCUT2D eigenvalue weighted by Crippen LogP contribution is -2.12. The van der Waals surface area contributed by atoms with Gasteiger partial charge in [-0.3, -0.25) is 4.79 Å². The van der Waals surface area contributed by atoms with E-state index < -0.39 is 0 Å². The number of aromatic nitrogens is 2. The van der Waals surface area contributed by atoms with E-state index in [4.69, 9.17) is 10.5 Å². The molecule has 3 N–H and O–H groups in total. The van der Waals surface area contributed by atoms with Gasteiger partial charge in [0.25, 0.3) is 5.56 Å². The van der Waals surface area contributed by atoms with E-state index in [1.165, 1.54) is 6.07 Å². The average Bonchev–Trinajstić information content (AvgIpc) is 2.34. The van der Waals surface area contributed by atoms with Crippen LogP contribution in [0.25, 0.3) is 0 Å². The average molecular weight is 259 g/mol. The summed E-state index contributed by atoms with van der Waals surface area (Å²) in [6.07, 6.45) is 0. The first kappa shape index (κ1) is 13.1. The molecule has 0 radical (unpaired) electrons. The van der Waals surface area contributed by atoms with E-state index >= 15 is 0 Å². The van der Waals surface area contributed by atoms with Crippen LogP contribution in [0.3, 0.4) is 0 Å². The number of nitrogens with zero attached hydrogens (tertiary/aromatic N) is 1. The maximum Gasteiger partial charge on any atom is 0.254 e. The van der Waals surface area contributed by atoms with Gasteiger partial charge in [0.05, 0.1) is 11.8 Å². The van der Waals surface area contributed by atoms with Gasteiger partial charge >= 0.3 is 0 Å². The van der Waals surface area contributed by atoms with Crippen LogP contribution >= 0.6 is 0 Å². The van der Waals surface area contributed by atoms with Gasteiger partial charge in [0.15, 0.2) is 5.75 Å². The Hall–Kier alpha value is -2.30. The highest BCUT2D eigenvalue weighted by Crippen LogP contribution is 2.28. The van der Waals surface area contributed by atoms with E-state index in [9.17, 15) is 4.79 Å². The van der Waals surface area contributed by atoms with Crippen molar-refractivity contribution in [3.8, 4) is 11.6 Å². The number of nitrogens with one attached hydrogen (secondary N) is 1. The summed E-state index contributed by atoms with van der Waals surface area (Å²) in [5.41, 5.74) is 7.17. The molecule has 0 saturated carbocycles. The molecule has 0 unspecified atom stereocenters. The Balaban J connectivity index is 2.38. The first-order chi connectivity index (χ1) is 8.97. The number of rotatable bonds is 3. The Labute approximate surface area is 111 Å². The van der Waals surface area contributed by atoms with Crippen molar-refractivity contribution in [2.45, 2.75) is 26.7 Å². The molecule has 2 rings (SSSR count). The summed E-state index contributed by atoms with van der Waals surface area (Å²) in [4.78, 5) is 18.5. The quantitative estimate of drug-likeness (QED) is 0.830. The van der Waals surface area contributed by atoms with Crippen LogP contribution in [0.4, 0.5) is 5.69 Å². The van der Waals surface area contributed by atoms with Crippen molar-refractivity contribution in [3.63, 3.8) is 0 Å². The molecule has 2 aromatic rings. The van der Waals surface area contributed by atoms with Crippen LogP contribution in [-0.4, -0.2) is 9.97 Å². The second-order valence-electron chi connectivity index (χ2n) is 4.71. The fourth-order valence-electron chi connectivity index (χ4n) is 1.63. The van der Waals surface area contributed by atoms with Crippen LogP contribution in [0.2, 0.25) is 0 Å². The molecule has 5 nitrogen and oxygen atoms in total. The summed E-state index contributed by atoms with van der Waals surface area (Å²) in [5.74, 6) is 1.47. The predicted octanol–water partition coefficient (Wildman–Crippen LogP) is 2.58. The zero-order chi connectivity index (χ0) is 14.0. The lowest BCUT2D eigenvalue weighted by Gasteiger charge is -2.11. The molecular weight excluding hydrogens is 242 g/mol. The number of nitrogen functional groups attached to an aromatic ring is 1. The van der Waals surface area contributed by atoms with Crippen molar-refractivity contribution < 1.29 is 4.74 Å². The number of H-pyrrole nitrogens is 1. The number of aromatic amines is 1. The third-order valence-corrected chi connectivity index (χ3v) is 2.78. The molecule has 1 aromatic heterocycles. The lowest BCUT2D eigenvalue weighted by atomic mass is 10.2. The van der Waals surface area contributed by atoms with E-state index in [-0.39, 0.29) is 17.4 Å². The molecule has 0 aliphatic heterocycles. The Morgan fingerprint density at radius 1 is 1.37 bits per heavy atom. The normalized spacial score (nSPS) is 10.7. The second kappa shape index (κ2) is 5.14. The maximum absolute atomic E-state index is 11.6. The molecule has 1 aromatic carbocycles. The zero-order valence-corrected chi connectivity index (χ0v) is 11.2. The summed E-state index contributed by atoms with van der Waals surface area (Å²) in [5, 5.41) is 0. The van der Waals surface area contributed by atoms with Crippen LogP contribution in [0.5, 0.6) is 11.6 Å². The van der Waals surface area contributed by atoms with Gasteiger partial charge in [-0.05, 0) is 18.6 Å². The van der Waals surface area contributed by atoms with Crippen molar-refractivity contribution in [3.05, 3.63) is 46.0 Å². The van der Waals surface area contributed by atoms with Crippen LogP contribution in [-0.2, 0) is 0 Å². The van der Waals surface area contributed by atoms with Crippen molar-refractivity contribution in [2.24, 2.45) is 0 Å². The molecule has 0 spiro atoms. The lowest BCUT2D eigenvalue weighted by molar-refractivity contribution is 0.457. The molecule has 0 atom stereocenters. The van der Waals surface area contributed by atoms with Crippen LogP contribution in [0.15, 0.2) is 29.1 Å². The SMILES string of the molecule is Cc1cccc(Oc2cc(=O)[nH]c(C(C)C)n2)c1N. The largest absolute Gasteiger partial charge is 0.437 e. The minimum Gasteiger partial charge on any atom is -0.437 e. The highest BCUT2D eigenvalue weighted by molar-refractivity contribution is 5.58. The van der Waals surface area contributed by atoms with Crippen molar-refractivity contribution in [1.82, 2.24) is 9.97 Å². The Morgan fingerprint density at radius 3 is 2.79 bits per heavy atom. The van der Waals surface area contributed by atoms with Gasteiger partial charge in [-0.1, -0.05) is 26.0 Å². The van der Waals surface area contributed by atoms with E-state index in [0.29, 0.717) is 17.3 Å². The monoisotopic (exact) mass is 259 g/mol. The van der Waals surface area contributed by atoms with Crippen molar-refractivity contribution in [2.75, 3.05) is 5.73 Å². The topological polar surface area (TPSA) is 81.0 Å². The number of nitrogens with two attached hydrogens (primary N) is 1. The number of hydrogen-bond donors (Lipinski definition) is 2. The number of benzene rings is 1. The van der Waals surface area contributed by atoms with Gasteiger partial charge in [-0.25, -0.2) is 0 Å². The van der Waals surface area contributed by atoms with E-state index in [2.05, 4.69) is 9.97 Å². The van der Waals surface area contributed by atoms with Crippen molar-refractivity contribution >= 4 is 5.69 Å². The third kappa shape index (κ3) is 2.93. The van der Waals surface area contributed by atoms with E-state index in [1.807, 2.05) is 32.9 Å². The molecule has 0 fully saturated rings. The minimum absolute atomic E-state index is 0.117. The summed E-state index contributed by atoms with van der Waals surface area (Å²) in [6.45, 7) is 5.79. The molecule has 1 heterocycles. The molecule has 100 valence electrons. The van der Waals surface area contributed by atoms with Gasteiger partial charge in [-0.2, -0.15) is 4.98 Å². The summed E-state index contributed by atoms with van der Waals surface area (Å²) >= 11 is 0. The molecule has 5 heteroatoms. The van der Waals surface area contributed by atoms with Gasteiger partial charge in [0.2, 0.25) is 5.88 Å². The van der Waals surface area contributed by atoms with Crippen LogP contribution in [0, 0.1) is 6.92 Å². The number of anilines is 1. The standard InChI is InChI=1S/C14H17N3O2/c1-8(2)14-16-11(18)7-12(17-14)19-10-6-4-5-9(3)13(10)15/h4-8H,15H2,1-3H3,(H,16,17,18). The molecule has 0 amide bonds. The molecule has 0 aliphatic rings. The number of hydrogen-bond acceptors (Lipinski definition) is 4. The summed E-state index contributed by atoms with van der Waals surface area (Å²) in [7, 11) is 0. The highest BCUT2D eigenvalue weighted by Gasteiger charge is 2.09. The third-order valence-electron chi connectivity index (χ3n) is 2.78. The van der Waals surface area contributed by atoms with E-state index in [0.717, 1.165) is 5.56 Å². The molecule has 0 saturated heterocycles. The fraction of sp³-hybridized carbons (Fsp3) is 0.286. The van der Waals surface area contributed by atoms with Crippen LogP contribution < -0.4 is 16.0 Å². The summed E-state index contributed by atoms with van der Waals surface area (Å²) < 4.78 is 5.61. The second-order valence-corrected chi connectivity index (χ2v) is 4.71. The van der Waals surface area contributed by atoms with Crippen LogP contribution in [0.1, 0.15) is 31.2 Å². The fourth-order valence-corrected chi connectivity index (χ4v) is 1.63. The molecule has 19 heavy (non-hydrogen) atoms. The maximum atomic E-state index is 11.6. The first-order valence-electron chi connectivity index (χ1n) is 6.11. The Kier molecular flexibility index (Phi) is 3.55. The zero-order valence-electron chi connectivity index (χ0n) is 11.2. The summed E-state index contributed by atoms with van der Waals surface area (Å²) in [6, 6.07) is 6.80. The molecule has 0 bridgehead atoms. The van der Waals surface area contributed by atoms with Crippen molar-refractivity contribution in [1.29, 1.82) is 0 Å². The minimum atomic E-state index is -0.236. The smallest absolute Gasteiger partial charge is 0.254 e. The van der Waals surface area contributed by atoms with Gasteiger partial charge < -0.3 is 15.5 Å². The number of aryl methyl sites for hydroxylation is 1. The highest BCUT2D eigenvalue weighted by atomic mass is 16.5. The van der Waals surface area contributed by atoms with Gasteiger partial charge in [-0.15, -0.1) is 0 Å². The first-order valence-corrected chi connectivity index (χ1v) is 6.11. The van der Waals surface area contributed by atoms with Gasteiger partial charge in [0, 0.05) is 5.92 Å². The molecule has 0 aliphatic carbocycles. The Bertz CT molecular complexity index is 647. The van der Waals surface area contributed by atoms with E-state index in [1.54, 1.807) is 6.07 Å².